The van der Waals surface area contributed by atoms with Crippen LogP contribution in [0.15, 0.2) is 12.1 Å². The van der Waals surface area contributed by atoms with Crippen molar-refractivity contribution in [1.29, 1.82) is 0 Å². The molecular weight excluding hydrogens is 286 g/mol. The number of piperidine rings is 1. The van der Waals surface area contributed by atoms with E-state index in [0.717, 1.165) is 29.1 Å². The first-order chi connectivity index (χ1) is 10.0. The molecule has 0 radical (unpaired) electrons. The molecule has 0 aliphatic carbocycles. The van der Waals surface area contributed by atoms with Crippen LogP contribution in [0.3, 0.4) is 0 Å². The van der Waals surface area contributed by atoms with Crippen LogP contribution >= 0.6 is 11.3 Å². The lowest BCUT2D eigenvalue weighted by Gasteiger charge is -2.39. The highest BCUT2D eigenvalue weighted by atomic mass is 32.1. The Morgan fingerprint density at radius 1 is 1.48 bits per heavy atom. The molecule has 3 N–H and O–H groups in total. The summed E-state index contributed by atoms with van der Waals surface area (Å²) >= 11 is 1.44. The average Bonchev–Trinajstić information content (AvgIpc) is 2.93. The molecule has 2 amide bonds. The molecule has 1 aromatic rings. The van der Waals surface area contributed by atoms with Gasteiger partial charge in [-0.25, -0.2) is 0 Å². The van der Waals surface area contributed by atoms with Gasteiger partial charge < -0.3 is 16.0 Å². The molecule has 2 atom stereocenters. The molecule has 1 aliphatic rings. The lowest BCUT2D eigenvalue weighted by molar-refractivity contribution is -0.119. The quantitative estimate of drug-likeness (QED) is 0.887. The van der Waals surface area contributed by atoms with Crippen LogP contribution in [0.25, 0.3) is 0 Å². The van der Waals surface area contributed by atoms with Crippen molar-refractivity contribution in [2.45, 2.75) is 39.3 Å². The second-order valence-electron chi connectivity index (χ2n) is 5.60. The number of carbonyl (C=O) groups excluding carboxylic acids is 2. The predicted molar refractivity (Wildman–Crippen MR) is 84.1 cm³/mol. The predicted octanol–water partition coefficient (Wildman–Crippen LogP) is 1.58. The van der Waals surface area contributed by atoms with E-state index in [9.17, 15) is 9.59 Å². The maximum Gasteiger partial charge on any atom is 0.264 e. The fraction of sp³-hybridized carbons (Fsp3) is 0.600. The fourth-order valence-electron chi connectivity index (χ4n) is 2.80. The number of thiophene rings is 1. The van der Waals surface area contributed by atoms with Gasteiger partial charge in [0.2, 0.25) is 5.91 Å². The molecule has 2 heterocycles. The normalized spacial score (nSPS) is 22.1. The van der Waals surface area contributed by atoms with E-state index in [1.54, 1.807) is 0 Å². The minimum atomic E-state index is -0.0654. The lowest BCUT2D eigenvalue weighted by atomic mass is 9.90. The Balaban J connectivity index is 2.06. The summed E-state index contributed by atoms with van der Waals surface area (Å²) in [6, 6.07) is 3.88. The SMILES string of the molecule is CC(=O)NCc1ccc(C(=O)N2CCCC(C)C2CN)s1. The molecule has 21 heavy (non-hydrogen) atoms. The largest absolute Gasteiger partial charge is 0.351 e. The maximum absolute atomic E-state index is 12.7. The van der Waals surface area contributed by atoms with Gasteiger partial charge in [0.1, 0.15) is 0 Å². The van der Waals surface area contributed by atoms with Gasteiger partial charge in [0.25, 0.3) is 5.91 Å². The van der Waals surface area contributed by atoms with Gasteiger partial charge in [-0.1, -0.05) is 6.92 Å². The standard InChI is InChI=1S/C15H23N3O2S/c1-10-4-3-7-18(13(10)8-16)15(20)14-6-5-12(21-14)9-17-11(2)19/h5-6,10,13H,3-4,7-9,16H2,1-2H3,(H,17,19). The van der Waals surface area contributed by atoms with Gasteiger partial charge in [0.15, 0.2) is 0 Å². The molecule has 2 rings (SSSR count). The number of likely N-dealkylation sites (tertiary alicyclic amines) is 1. The number of nitrogens with zero attached hydrogens (tertiary/aromatic N) is 1. The lowest BCUT2D eigenvalue weighted by Crippen LogP contribution is -2.51. The summed E-state index contributed by atoms with van der Waals surface area (Å²) < 4.78 is 0. The number of hydrogen-bond acceptors (Lipinski definition) is 4. The average molecular weight is 309 g/mol. The van der Waals surface area contributed by atoms with Gasteiger partial charge in [0.05, 0.1) is 11.4 Å². The second-order valence-corrected chi connectivity index (χ2v) is 6.77. The summed E-state index contributed by atoms with van der Waals surface area (Å²) in [4.78, 5) is 27.2. The highest BCUT2D eigenvalue weighted by Crippen LogP contribution is 2.26. The number of hydrogen-bond donors (Lipinski definition) is 2. The molecule has 5 nitrogen and oxygen atoms in total. The van der Waals surface area contributed by atoms with Crippen LogP contribution < -0.4 is 11.1 Å². The van der Waals surface area contributed by atoms with E-state index in [2.05, 4.69) is 12.2 Å². The zero-order valence-corrected chi connectivity index (χ0v) is 13.4. The molecule has 2 unspecified atom stereocenters. The van der Waals surface area contributed by atoms with Crippen LogP contribution in [-0.4, -0.2) is 35.8 Å². The summed E-state index contributed by atoms with van der Waals surface area (Å²) in [5.41, 5.74) is 5.85. The van der Waals surface area contributed by atoms with E-state index in [1.165, 1.54) is 18.3 Å². The summed E-state index contributed by atoms with van der Waals surface area (Å²) in [5, 5.41) is 2.75. The Hall–Kier alpha value is -1.40. The van der Waals surface area contributed by atoms with E-state index in [4.69, 9.17) is 5.73 Å². The number of carbonyl (C=O) groups is 2. The van der Waals surface area contributed by atoms with Gasteiger partial charge >= 0.3 is 0 Å². The second kappa shape index (κ2) is 7.04. The van der Waals surface area contributed by atoms with Crippen molar-refractivity contribution in [3.8, 4) is 0 Å². The van der Waals surface area contributed by atoms with Crippen LogP contribution in [0.4, 0.5) is 0 Å². The Bertz CT molecular complexity index is 515. The van der Waals surface area contributed by atoms with Crippen molar-refractivity contribution < 1.29 is 9.59 Å². The summed E-state index contributed by atoms with van der Waals surface area (Å²) in [7, 11) is 0. The van der Waals surface area contributed by atoms with Gasteiger partial charge in [0, 0.05) is 30.9 Å². The Labute approximate surface area is 129 Å². The molecule has 0 aromatic carbocycles. The highest BCUT2D eigenvalue weighted by Gasteiger charge is 2.31. The van der Waals surface area contributed by atoms with Gasteiger partial charge in [-0.2, -0.15) is 0 Å². The molecular formula is C15H23N3O2S. The first-order valence-corrected chi connectivity index (χ1v) is 8.18. The summed E-state index contributed by atoms with van der Waals surface area (Å²) in [6.45, 7) is 5.42. The molecule has 116 valence electrons. The first kappa shape index (κ1) is 16.0. The zero-order chi connectivity index (χ0) is 15.4. The van der Waals surface area contributed by atoms with Crippen molar-refractivity contribution in [3.05, 3.63) is 21.9 Å². The van der Waals surface area contributed by atoms with Crippen LogP contribution in [0.1, 0.15) is 41.2 Å². The van der Waals surface area contributed by atoms with E-state index in [-0.39, 0.29) is 17.9 Å². The van der Waals surface area contributed by atoms with E-state index in [1.807, 2.05) is 17.0 Å². The van der Waals surface area contributed by atoms with Crippen LogP contribution in [0.5, 0.6) is 0 Å². The minimum absolute atomic E-state index is 0.0654. The van der Waals surface area contributed by atoms with Crippen molar-refractivity contribution in [2.75, 3.05) is 13.1 Å². The molecule has 0 bridgehead atoms. The van der Waals surface area contributed by atoms with Crippen molar-refractivity contribution in [2.24, 2.45) is 11.7 Å². The van der Waals surface area contributed by atoms with Crippen LogP contribution in [-0.2, 0) is 11.3 Å². The topological polar surface area (TPSA) is 75.4 Å². The van der Waals surface area contributed by atoms with Crippen LogP contribution in [0.2, 0.25) is 0 Å². The third kappa shape index (κ3) is 3.83. The molecule has 0 saturated carbocycles. The number of rotatable bonds is 4. The van der Waals surface area contributed by atoms with E-state index in [0.29, 0.717) is 19.0 Å². The minimum Gasteiger partial charge on any atom is -0.351 e. The maximum atomic E-state index is 12.7. The molecule has 1 saturated heterocycles. The number of nitrogens with two attached hydrogens (primary N) is 1. The Kier molecular flexibility index (Phi) is 5.36. The molecule has 6 heteroatoms. The molecule has 1 fully saturated rings. The Morgan fingerprint density at radius 2 is 2.24 bits per heavy atom. The third-order valence-electron chi connectivity index (χ3n) is 4.00. The summed E-state index contributed by atoms with van der Waals surface area (Å²) in [5.74, 6) is 0.451. The van der Waals surface area contributed by atoms with E-state index < -0.39 is 0 Å². The number of nitrogens with one attached hydrogen (secondary N) is 1. The zero-order valence-electron chi connectivity index (χ0n) is 12.6. The number of amides is 2. The highest BCUT2D eigenvalue weighted by molar-refractivity contribution is 7.14. The van der Waals surface area contributed by atoms with Crippen molar-refractivity contribution in [1.82, 2.24) is 10.2 Å². The molecule has 1 aliphatic heterocycles. The van der Waals surface area contributed by atoms with Crippen molar-refractivity contribution in [3.63, 3.8) is 0 Å². The molecule has 0 spiro atoms. The Morgan fingerprint density at radius 3 is 2.90 bits per heavy atom. The van der Waals surface area contributed by atoms with E-state index >= 15 is 0 Å². The monoisotopic (exact) mass is 309 g/mol. The first-order valence-electron chi connectivity index (χ1n) is 7.37. The third-order valence-corrected chi connectivity index (χ3v) is 5.08. The fourth-order valence-corrected chi connectivity index (χ4v) is 3.71. The smallest absolute Gasteiger partial charge is 0.264 e. The molecule has 1 aromatic heterocycles. The van der Waals surface area contributed by atoms with Gasteiger partial charge in [-0.3, -0.25) is 9.59 Å². The van der Waals surface area contributed by atoms with Crippen molar-refractivity contribution >= 4 is 23.2 Å². The van der Waals surface area contributed by atoms with Gasteiger partial charge in [-0.15, -0.1) is 11.3 Å². The van der Waals surface area contributed by atoms with Gasteiger partial charge in [-0.05, 0) is 30.9 Å². The summed E-state index contributed by atoms with van der Waals surface area (Å²) in [6.07, 6.45) is 2.16. The van der Waals surface area contributed by atoms with Crippen LogP contribution in [0, 0.1) is 5.92 Å².